The number of methoxy groups -OCH3 is 1. The van der Waals surface area contributed by atoms with Gasteiger partial charge in [0.15, 0.2) is 0 Å². The van der Waals surface area contributed by atoms with Crippen molar-refractivity contribution in [2.75, 3.05) is 26.9 Å². The highest BCUT2D eigenvalue weighted by Crippen LogP contribution is 2.17. The second-order valence-corrected chi connectivity index (χ2v) is 3.91. The molecule has 1 atom stereocenters. The van der Waals surface area contributed by atoms with Crippen LogP contribution in [0.3, 0.4) is 0 Å². The summed E-state index contributed by atoms with van der Waals surface area (Å²) in [6.07, 6.45) is 0. The van der Waals surface area contributed by atoms with Gasteiger partial charge in [-0.2, -0.15) is 0 Å². The van der Waals surface area contributed by atoms with Crippen LogP contribution in [-0.4, -0.2) is 32.9 Å². The third-order valence-corrected chi connectivity index (χ3v) is 2.34. The first kappa shape index (κ1) is 13.3. The summed E-state index contributed by atoms with van der Waals surface area (Å²) in [6.45, 7) is 4.16. The van der Waals surface area contributed by atoms with Crippen LogP contribution >= 0.6 is 11.6 Å². The summed E-state index contributed by atoms with van der Waals surface area (Å²) in [5.41, 5.74) is 0. The van der Waals surface area contributed by atoms with Gasteiger partial charge >= 0.3 is 0 Å². The van der Waals surface area contributed by atoms with E-state index in [1.54, 1.807) is 13.2 Å². The van der Waals surface area contributed by atoms with E-state index in [2.05, 4.69) is 12.2 Å². The molecule has 90 valence electrons. The van der Waals surface area contributed by atoms with Gasteiger partial charge in [0, 0.05) is 12.1 Å². The molecule has 0 heterocycles. The van der Waals surface area contributed by atoms with Crippen molar-refractivity contribution in [1.29, 1.82) is 0 Å². The van der Waals surface area contributed by atoms with Crippen LogP contribution in [0.4, 0.5) is 0 Å². The summed E-state index contributed by atoms with van der Waals surface area (Å²) in [7, 11) is 1.68. The van der Waals surface area contributed by atoms with Crippen molar-refractivity contribution in [3.63, 3.8) is 0 Å². The van der Waals surface area contributed by atoms with Gasteiger partial charge in [-0.25, -0.2) is 0 Å². The molecule has 0 aliphatic carbocycles. The molecule has 0 amide bonds. The smallest absolute Gasteiger partial charge is 0.120 e. The van der Waals surface area contributed by atoms with Gasteiger partial charge in [-0.1, -0.05) is 24.6 Å². The van der Waals surface area contributed by atoms with Gasteiger partial charge in [0.05, 0.1) is 12.6 Å². The van der Waals surface area contributed by atoms with E-state index in [-0.39, 0.29) is 6.04 Å². The van der Waals surface area contributed by atoms with Gasteiger partial charge in [-0.3, -0.25) is 0 Å². The van der Waals surface area contributed by atoms with Crippen molar-refractivity contribution in [2.24, 2.45) is 0 Å². The fourth-order valence-corrected chi connectivity index (χ4v) is 1.59. The molecule has 1 N–H and O–H groups in total. The normalized spacial score (nSPS) is 12.4. The van der Waals surface area contributed by atoms with Crippen molar-refractivity contribution >= 4 is 11.6 Å². The highest BCUT2D eigenvalue weighted by molar-refractivity contribution is 6.30. The van der Waals surface area contributed by atoms with Crippen molar-refractivity contribution in [3.05, 3.63) is 29.3 Å². The lowest BCUT2D eigenvalue weighted by atomic mass is 10.3. The molecular weight excluding hydrogens is 226 g/mol. The fraction of sp³-hybridized carbons (Fsp3) is 0.500. The van der Waals surface area contributed by atoms with Crippen LogP contribution < -0.4 is 10.1 Å². The molecule has 0 aromatic heterocycles. The number of likely N-dealkylation sites (N-methyl/N-ethyl adjacent to an activating group) is 1. The monoisotopic (exact) mass is 243 g/mol. The molecule has 0 bridgehead atoms. The highest BCUT2D eigenvalue weighted by atomic mass is 35.5. The zero-order chi connectivity index (χ0) is 11.8. The number of nitrogens with one attached hydrogen (secondary N) is 1. The number of halogens is 1. The standard InChI is InChI=1S/C12H18ClNO2/c1-3-14-11(8-15-2)9-16-12-6-4-5-10(13)7-12/h4-7,11,14H,3,8-9H2,1-2H3. The molecule has 3 nitrogen and oxygen atoms in total. The molecule has 0 spiro atoms. The summed E-state index contributed by atoms with van der Waals surface area (Å²) in [5, 5.41) is 3.97. The molecule has 0 saturated carbocycles. The Kier molecular flexibility index (Phi) is 6.23. The Morgan fingerprint density at radius 1 is 1.38 bits per heavy atom. The van der Waals surface area contributed by atoms with E-state index in [1.807, 2.05) is 18.2 Å². The van der Waals surface area contributed by atoms with Crippen molar-refractivity contribution < 1.29 is 9.47 Å². The molecular formula is C12H18ClNO2. The fourth-order valence-electron chi connectivity index (χ4n) is 1.41. The van der Waals surface area contributed by atoms with Crippen molar-refractivity contribution in [1.82, 2.24) is 5.32 Å². The third-order valence-electron chi connectivity index (χ3n) is 2.11. The molecule has 1 aromatic carbocycles. The number of hydrogen-bond donors (Lipinski definition) is 1. The summed E-state index contributed by atoms with van der Waals surface area (Å²) < 4.78 is 10.7. The SMILES string of the molecule is CCNC(COC)COc1cccc(Cl)c1. The van der Waals surface area contributed by atoms with Crippen LogP contribution in [0.15, 0.2) is 24.3 Å². The Hall–Kier alpha value is -0.770. The average Bonchev–Trinajstić information content (AvgIpc) is 2.27. The van der Waals surface area contributed by atoms with E-state index in [1.165, 1.54) is 0 Å². The van der Waals surface area contributed by atoms with Gasteiger partial charge in [-0.05, 0) is 24.7 Å². The Morgan fingerprint density at radius 3 is 2.81 bits per heavy atom. The molecule has 0 fully saturated rings. The average molecular weight is 244 g/mol. The summed E-state index contributed by atoms with van der Waals surface area (Å²) in [4.78, 5) is 0. The molecule has 16 heavy (non-hydrogen) atoms. The third kappa shape index (κ3) is 4.84. The Bertz CT molecular complexity index is 301. The summed E-state index contributed by atoms with van der Waals surface area (Å²) in [6, 6.07) is 7.59. The van der Waals surface area contributed by atoms with Crippen LogP contribution in [-0.2, 0) is 4.74 Å². The highest BCUT2D eigenvalue weighted by Gasteiger charge is 2.07. The predicted octanol–water partition coefficient (Wildman–Crippen LogP) is 2.34. The first-order chi connectivity index (χ1) is 7.76. The van der Waals surface area contributed by atoms with E-state index in [9.17, 15) is 0 Å². The molecule has 1 aromatic rings. The first-order valence-electron chi connectivity index (χ1n) is 5.37. The number of benzene rings is 1. The van der Waals surface area contributed by atoms with E-state index in [4.69, 9.17) is 21.1 Å². The van der Waals surface area contributed by atoms with Crippen LogP contribution in [0.25, 0.3) is 0 Å². The van der Waals surface area contributed by atoms with Crippen LogP contribution in [0.1, 0.15) is 6.92 Å². The predicted molar refractivity (Wildman–Crippen MR) is 66.3 cm³/mol. The lowest BCUT2D eigenvalue weighted by Crippen LogP contribution is -2.38. The van der Waals surface area contributed by atoms with E-state index in [0.29, 0.717) is 18.2 Å². The van der Waals surface area contributed by atoms with Crippen molar-refractivity contribution in [3.8, 4) is 5.75 Å². The maximum atomic E-state index is 5.86. The van der Waals surface area contributed by atoms with E-state index in [0.717, 1.165) is 12.3 Å². The van der Waals surface area contributed by atoms with Crippen molar-refractivity contribution in [2.45, 2.75) is 13.0 Å². The number of hydrogen-bond acceptors (Lipinski definition) is 3. The largest absolute Gasteiger partial charge is 0.492 e. The Labute approximate surface area is 102 Å². The van der Waals surface area contributed by atoms with Gasteiger partial charge in [0.1, 0.15) is 12.4 Å². The zero-order valence-corrected chi connectivity index (χ0v) is 10.5. The summed E-state index contributed by atoms with van der Waals surface area (Å²) in [5.74, 6) is 0.784. The second kappa shape index (κ2) is 7.49. The first-order valence-corrected chi connectivity index (χ1v) is 5.74. The second-order valence-electron chi connectivity index (χ2n) is 3.48. The van der Waals surface area contributed by atoms with Gasteiger partial charge in [-0.15, -0.1) is 0 Å². The Balaban J connectivity index is 2.41. The Morgan fingerprint density at radius 2 is 2.19 bits per heavy atom. The number of rotatable bonds is 7. The molecule has 0 saturated heterocycles. The minimum absolute atomic E-state index is 0.203. The molecule has 0 aliphatic heterocycles. The quantitative estimate of drug-likeness (QED) is 0.798. The van der Waals surface area contributed by atoms with Gasteiger partial charge in [0.2, 0.25) is 0 Å². The summed E-state index contributed by atoms with van der Waals surface area (Å²) >= 11 is 5.86. The van der Waals surface area contributed by atoms with Gasteiger partial charge in [0.25, 0.3) is 0 Å². The van der Waals surface area contributed by atoms with Gasteiger partial charge < -0.3 is 14.8 Å². The maximum Gasteiger partial charge on any atom is 0.120 e. The van der Waals surface area contributed by atoms with Crippen LogP contribution in [0, 0.1) is 0 Å². The lowest BCUT2D eigenvalue weighted by Gasteiger charge is -2.17. The maximum absolute atomic E-state index is 5.86. The molecule has 4 heteroatoms. The minimum atomic E-state index is 0.203. The number of ether oxygens (including phenoxy) is 2. The zero-order valence-electron chi connectivity index (χ0n) is 9.70. The minimum Gasteiger partial charge on any atom is -0.492 e. The molecule has 0 aliphatic rings. The molecule has 1 unspecified atom stereocenters. The van der Waals surface area contributed by atoms with E-state index >= 15 is 0 Å². The lowest BCUT2D eigenvalue weighted by molar-refractivity contribution is 0.137. The van der Waals surface area contributed by atoms with E-state index < -0.39 is 0 Å². The van der Waals surface area contributed by atoms with Crippen LogP contribution in [0.5, 0.6) is 5.75 Å². The topological polar surface area (TPSA) is 30.5 Å². The molecule has 1 rings (SSSR count). The molecule has 0 radical (unpaired) electrons. The van der Waals surface area contributed by atoms with Crippen LogP contribution in [0.2, 0.25) is 5.02 Å².